The molecule has 0 fully saturated rings. The number of carbonyl (C=O) groups is 1. The minimum atomic E-state index is -1.46. The molecule has 0 radical (unpaired) electrons. The molecular formula is C9H9FN4O3. The van der Waals surface area contributed by atoms with Crippen molar-refractivity contribution in [3.8, 4) is 0 Å². The number of halogens is 1. The van der Waals surface area contributed by atoms with E-state index in [1.54, 1.807) is 0 Å². The Labute approximate surface area is 95.2 Å². The lowest BCUT2D eigenvalue weighted by Gasteiger charge is -2.15. The lowest BCUT2D eigenvalue weighted by molar-refractivity contribution is 0.0217. The second-order valence-electron chi connectivity index (χ2n) is 3.17. The van der Waals surface area contributed by atoms with Crippen LogP contribution in [0.5, 0.6) is 0 Å². The van der Waals surface area contributed by atoms with Crippen LogP contribution < -0.4 is 0 Å². The molecule has 17 heavy (non-hydrogen) atoms. The Morgan fingerprint density at radius 1 is 1.65 bits per heavy atom. The lowest BCUT2D eigenvalue weighted by Crippen LogP contribution is -2.22. The highest BCUT2D eigenvalue weighted by atomic mass is 19.1. The van der Waals surface area contributed by atoms with E-state index in [4.69, 9.17) is 5.53 Å². The number of aldehydes is 1. The molecule has 8 heteroatoms. The molecule has 1 heterocycles. The fourth-order valence-corrected chi connectivity index (χ4v) is 1.14. The summed E-state index contributed by atoms with van der Waals surface area (Å²) in [7, 11) is 0. The first kappa shape index (κ1) is 13.0. The van der Waals surface area contributed by atoms with Gasteiger partial charge in [0, 0.05) is 4.91 Å². The van der Waals surface area contributed by atoms with Crippen molar-refractivity contribution in [2.24, 2.45) is 5.11 Å². The average Bonchev–Trinajstić information content (AvgIpc) is 2.35. The van der Waals surface area contributed by atoms with Gasteiger partial charge in [-0.25, -0.2) is 4.39 Å². The van der Waals surface area contributed by atoms with Crippen molar-refractivity contribution < 1.29 is 19.4 Å². The highest BCUT2D eigenvalue weighted by Gasteiger charge is 2.20. The van der Waals surface area contributed by atoms with Gasteiger partial charge >= 0.3 is 0 Å². The molecule has 1 aromatic rings. The normalized spacial score (nSPS) is 13.6. The molecule has 0 aliphatic heterocycles. The van der Waals surface area contributed by atoms with Crippen molar-refractivity contribution >= 4 is 6.29 Å². The van der Waals surface area contributed by atoms with Gasteiger partial charge in [-0.3, -0.25) is 9.78 Å². The van der Waals surface area contributed by atoms with Gasteiger partial charge in [0.15, 0.2) is 12.1 Å². The number of carbonyl (C=O) groups excluding carboxylic acids is 1. The summed E-state index contributed by atoms with van der Waals surface area (Å²) in [5.74, 6) is -0.819. The predicted octanol–water partition coefficient (Wildman–Crippen LogP) is 0.738. The maximum absolute atomic E-state index is 12.9. The van der Waals surface area contributed by atoms with E-state index in [-0.39, 0.29) is 24.1 Å². The molecule has 90 valence electrons. The minimum absolute atomic E-state index is 0.0749. The van der Waals surface area contributed by atoms with Gasteiger partial charge in [0.25, 0.3) is 0 Å². The quantitative estimate of drug-likeness (QED) is 0.341. The van der Waals surface area contributed by atoms with E-state index in [2.05, 4.69) is 15.0 Å². The van der Waals surface area contributed by atoms with Crippen molar-refractivity contribution in [1.29, 1.82) is 0 Å². The number of nitrogens with zero attached hydrogens (tertiary/aromatic N) is 4. The molecule has 1 rings (SSSR count). The van der Waals surface area contributed by atoms with Gasteiger partial charge in [0.05, 0.1) is 30.1 Å². The van der Waals surface area contributed by atoms with Gasteiger partial charge in [0.1, 0.15) is 6.10 Å². The molecule has 0 aliphatic rings. The fraction of sp³-hybridized carbons (Fsp3) is 0.333. The van der Waals surface area contributed by atoms with E-state index >= 15 is 0 Å². The van der Waals surface area contributed by atoms with Crippen LogP contribution >= 0.6 is 0 Å². The topological polar surface area (TPSA) is 119 Å². The Bertz CT molecular complexity index is 462. The van der Waals surface area contributed by atoms with Gasteiger partial charge in [-0.05, 0) is 11.6 Å². The fourth-order valence-electron chi connectivity index (χ4n) is 1.14. The smallest absolute Gasteiger partial charge is 0.153 e. The SMILES string of the molecule is [N-]=[N+]=NCC(O)C(O)c1cc(C=O)c(F)cn1. The molecule has 2 N–H and O–H groups in total. The lowest BCUT2D eigenvalue weighted by atomic mass is 10.1. The zero-order valence-electron chi connectivity index (χ0n) is 8.56. The van der Waals surface area contributed by atoms with Crippen LogP contribution in [0.15, 0.2) is 17.4 Å². The summed E-state index contributed by atoms with van der Waals surface area (Å²) in [6.07, 6.45) is -1.79. The van der Waals surface area contributed by atoms with E-state index < -0.39 is 18.0 Å². The summed E-state index contributed by atoms with van der Waals surface area (Å²) in [5, 5.41) is 22.1. The second kappa shape index (κ2) is 5.90. The maximum Gasteiger partial charge on any atom is 0.153 e. The summed E-state index contributed by atoms with van der Waals surface area (Å²) in [4.78, 5) is 16.4. The van der Waals surface area contributed by atoms with Crippen LogP contribution in [0.2, 0.25) is 0 Å². The third-order valence-corrected chi connectivity index (χ3v) is 2.03. The number of hydrogen-bond acceptors (Lipinski definition) is 5. The molecule has 2 unspecified atom stereocenters. The Kier molecular flexibility index (Phi) is 4.53. The van der Waals surface area contributed by atoms with E-state index in [0.29, 0.717) is 0 Å². The van der Waals surface area contributed by atoms with Crippen molar-refractivity contribution in [2.45, 2.75) is 12.2 Å². The van der Waals surface area contributed by atoms with Crippen LogP contribution in [0.3, 0.4) is 0 Å². The van der Waals surface area contributed by atoms with Crippen molar-refractivity contribution in [2.75, 3.05) is 6.54 Å². The van der Waals surface area contributed by atoms with E-state index in [1.165, 1.54) is 0 Å². The number of aliphatic hydroxyl groups is 2. The van der Waals surface area contributed by atoms with E-state index in [0.717, 1.165) is 12.3 Å². The Morgan fingerprint density at radius 2 is 2.35 bits per heavy atom. The molecule has 0 saturated heterocycles. The van der Waals surface area contributed by atoms with E-state index in [1.807, 2.05) is 0 Å². The highest BCUT2D eigenvalue weighted by molar-refractivity contribution is 5.75. The second-order valence-corrected chi connectivity index (χ2v) is 3.17. The molecule has 0 aliphatic carbocycles. The van der Waals surface area contributed by atoms with Gasteiger partial charge in [-0.1, -0.05) is 5.11 Å². The number of aromatic nitrogens is 1. The maximum atomic E-state index is 12.9. The van der Waals surface area contributed by atoms with Crippen molar-refractivity contribution in [3.63, 3.8) is 0 Å². The summed E-state index contributed by atoms with van der Waals surface area (Å²) in [6, 6.07) is 1.02. The van der Waals surface area contributed by atoms with Crippen LogP contribution in [0.4, 0.5) is 4.39 Å². The molecule has 2 atom stereocenters. The number of azide groups is 1. The summed E-state index contributed by atoms with van der Waals surface area (Å²) in [6.45, 7) is -0.354. The molecule has 0 amide bonds. The first-order chi connectivity index (χ1) is 8.10. The van der Waals surface area contributed by atoms with Gasteiger partial charge in [-0.15, -0.1) is 0 Å². The molecule has 1 aromatic heterocycles. The molecule has 0 bridgehead atoms. The van der Waals surface area contributed by atoms with Crippen LogP contribution in [-0.4, -0.2) is 34.1 Å². The predicted molar refractivity (Wildman–Crippen MR) is 54.6 cm³/mol. The highest BCUT2D eigenvalue weighted by Crippen LogP contribution is 2.17. The number of hydrogen-bond donors (Lipinski definition) is 2. The monoisotopic (exact) mass is 240 g/mol. The summed E-state index contributed by atoms with van der Waals surface area (Å²) < 4.78 is 12.9. The third-order valence-electron chi connectivity index (χ3n) is 2.03. The Hall–Kier alpha value is -2.02. The van der Waals surface area contributed by atoms with Gasteiger partial charge in [-0.2, -0.15) is 0 Å². The van der Waals surface area contributed by atoms with Gasteiger partial charge in [0.2, 0.25) is 0 Å². The molecule has 7 nitrogen and oxygen atoms in total. The largest absolute Gasteiger partial charge is 0.390 e. The number of aliphatic hydroxyl groups excluding tert-OH is 2. The third kappa shape index (κ3) is 3.22. The van der Waals surface area contributed by atoms with Crippen LogP contribution in [0.25, 0.3) is 10.4 Å². The zero-order chi connectivity index (χ0) is 12.8. The summed E-state index contributed by atoms with van der Waals surface area (Å²) >= 11 is 0. The first-order valence-corrected chi connectivity index (χ1v) is 4.57. The zero-order valence-corrected chi connectivity index (χ0v) is 8.56. The van der Waals surface area contributed by atoms with Crippen LogP contribution in [-0.2, 0) is 0 Å². The Balaban J connectivity index is 2.91. The van der Waals surface area contributed by atoms with Gasteiger partial charge < -0.3 is 10.2 Å². The van der Waals surface area contributed by atoms with Crippen LogP contribution in [0.1, 0.15) is 22.2 Å². The number of rotatable bonds is 5. The summed E-state index contributed by atoms with van der Waals surface area (Å²) in [5.41, 5.74) is 7.69. The first-order valence-electron chi connectivity index (χ1n) is 4.57. The van der Waals surface area contributed by atoms with E-state index in [9.17, 15) is 19.4 Å². The molecule has 0 spiro atoms. The molecule has 0 saturated carbocycles. The Morgan fingerprint density at radius 3 is 2.94 bits per heavy atom. The standard InChI is InChI=1S/C9H9FN4O3/c10-6-2-12-7(1-5(6)4-15)9(17)8(16)3-13-14-11/h1-2,4,8-9,16-17H,3H2. The molecular weight excluding hydrogens is 231 g/mol. The minimum Gasteiger partial charge on any atom is -0.390 e. The van der Waals surface area contributed by atoms with Crippen LogP contribution in [0, 0.1) is 5.82 Å². The molecule has 0 aromatic carbocycles. The van der Waals surface area contributed by atoms with Crippen molar-refractivity contribution in [3.05, 3.63) is 39.8 Å². The van der Waals surface area contributed by atoms with Crippen molar-refractivity contribution in [1.82, 2.24) is 4.98 Å². The number of pyridine rings is 1. The average molecular weight is 240 g/mol.